The number of hydrogen-bond donors (Lipinski definition) is 1. The van der Waals surface area contributed by atoms with E-state index < -0.39 is 0 Å². The van der Waals surface area contributed by atoms with Gasteiger partial charge in [0.1, 0.15) is 0 Å². The van der Waals surface area contributed by atoms with Crippen LogP contribution >= 0.6 is 28.3 Å². The maximum atomic E-state index is 5.80. The van der Waals surface area contributed by atoms with Gasteiger partial charge in [-0.05, 0) is 50.4 Å². The molecule has 4 heteroatoms. The third-order valence-electron chi connectivity index (χ3n) is 3.79. The highest BCUT2D eigenvalue weighted by molar-refractivity contribution is 9.10. The Kier molecular flexibility index (Phi) is 6.64. The molecule has 0 bridgehead atoms. The molecular formula is C14H22BrClN2. The van der Waals surface area contributed by atoms with Crippen LogP contribution in [-0.2, 0) is 0 Å². The molecule has 0 spiro atoms. The van der Waals surface area contributed by atoms with Gasteiger partial charge in [0, 0.05) is 17.1 Å². The molecule has 1 aliphatic rings. The average molecular weight is 334 g/mol. The van der Waals surface area contributed by atoms with E-state index in [0.717, 1.165) is 13.1 Å². The Morgan fingerprint density at radius 3 is 2.83 bits per heavy atom. The number of halogens is 2. The van der Waals surface area contributed by atoms with Gasteiger partial charge >= 0.3 is 0 Å². The predicted molar refractivity (Wildman–Crippen MR) is 83.2 cm³/mol. The number of piperidine rings is 1. The first-order valence-electron chi connectivity index (χ1n) is 6.41. The minimum Gasteiger partial charge on any atom is -0.330 e. The second-order valence-electron chi connectivity index (χ2n) is 4.94. The van der Waals surface area contributed by atoms with Crippen molar-refractivity contribution in [3.8, 4) is 0 Å². The monoisotopic (exact) mass is 332 g/mol. The quantitative estimate of drug-likeness (QED) is 0.915. The Bertz CT molecular complexity index is 373. The van der Waals surface area contributed by atoms with E-state index in [1.807, 2.05) is 0 Å². The van der Waals surface area contributed by atoms with Crippen molar-refractivity contribution < 1.29 is 0 Å². The molecule has 2 nitrogen and oxygen atoms in total. The molecule has 2 rings (SSSR count). The van der Waals surface area contributed by atoms with Crippen molar-refractivity contribution in [2.45, 2.75) is 25.8 Å². The van der Waals surface area contributed by atoms with Gasteiger partial charge in [0.25, 0.3) is 0 Å². The number of likely N-dealkylation sites (tertiary alicyclic amines) is 1. The summed E-state index contributed by atoms with van der Waals surface area (Å²) in [5.74, 6) is 0.675. The summed E-state index contributed by atoms with van der Waals surface area (Å²) in [6, 6.07) is 8.98. The summed E-state index contributed by atoms with van der Waals surface area (Å²) in [7, 11) is 0. The van der Waals surface area contributed by atoms with E-state index in [0.29, 0.717) is 12.0 Å². The van der Waals surface area contributed by atoms with Crippen LogP contribution in [0.1, 0.15) is 31.4 Å². The predicted octanol–water partition coefficient (Wildman–Crippen LogP) is 3.60. The fraction of sp³-hybridized carbons (Fsp3) is 0.571. The maximum Gasteiger partial charge on any atom is 0.0331 e. The third kappa shape index (κ3) is 3.70. The number of nitrogens with zero attached hydrogens (tertiary/aromatic N) is 1. The molecule has 1 aromatic rings. The maximum absolute atomic E-state index is 5.80. The van der Waals surface area contributed by atoms with Gasteiger partial charge in [-0.2, -0.15) is 0 Å². The van der Waals surface area contributed by atoms with Crippen LogP contribution in [-0.4, -0.2) is 24.5 Å². The Morgan fingerprint density at radius 2 is 2.17 bits per heavy atom. The zero-order valence-corrected chi connectivity index (χ0v) is 13.2. The fourth-order valence-electron chi connectivity index (χ4n) is 2.65. The summed E-state index contributed by atoms with van der Waals surface area (Å²) in [6.07, 6.45) is 2.56. The van der Waals surface area contributed by atoms with Gasteiger partial charge in [0.05, 0.1) is 0 Å². The van der Waals surface area contributed by atoms with E-state index in [4.69, 9.17) is 5.73 Å². The van der Waals surface area contributed by atoms with Crippen LogP contribution in [0.2, 0.25) is 0 Å². The van der Waals surface area contributed by atoms with E-state index >= 15 is 0 Å². The van der Waals surface area contributed by atoms with E-state index in [9.17, 15) is 0 Å². The molecule has 0 aliphatic carbocycles. The first-order valence-corrected chi connectivity index (χ1v) is 7.20. The van der Waals surface area contributed by atoms with Crippen molar-refractivity contribution in [3.05, 3.63) is 34.3 Å². The number of nitrogens with two attached hydrogens (primary N) is 1. The van der Waals surface area contributed by atoms with Crippen LogP contribution in [0.15, 0.2) is 28.7 Å². The minimum atomic E-state index is 0. The van der Waals surface area contributed by atoms with Gasteiger partial charge in [-0.15, -0.1) is 12.4 Å². The van der Waals surface area contributed by atoms with E-state index in [2.05, 4.69) is 52.0 Å². The summed E-state index contributed by atoms with van der Waals surface area (Å²) in [5, 5.41) is 0. The molecule has 2 N–H and O–H groups in total. The normalized spacial score (nSPS) is 22.3. The second kappa shape index (κ2) is 7.49. The first kappa shape index (κ1) is 16.0. The highest BCUT2D eigenvalue weighted by Crippen LogP contribution is 2.30. The number of hydrogen-bond acceptors (Lipinski definition) is 2. The summed E-state index contributed by atoms with van der Waals surface area (Å²) in [4.78, 5) is 2.56. The van der Waals surface area contributed by atoms with Gasteiger partial charge < -0.3 is 5.73 Å². The third-order valence-corrected chi connectivity index (χ3v) is 4.51. The lowest BCUT2D eigenvalue weighted by molar-refractivity contribution is 0.134. The molecule has 1 aromatic carbocycles. The van der Waals surface area contributed by atoms with Crippen molar-refractivity contribution in [2.75, 3.05) is 19.6 Å². The van der Waals surface area contributed by atoms with Crippen LogP contribution < -0.4 is 5.73 Å². The number of rotatable bonds is 3. The smallest absolute Gasteiger partial charge is 0.0331 e. The second-order valence-corrected chi connectivity index (χ2v) is 5.79. The van der Waals surface area contributed by atoms with Crippen molar-refractivity contribution in [1.82, 2.24) is 4.90 Å². The summed E-state index contributed by atoms with van der Waals surface area (Å²) in [6.45, 7) is 5.44. The molecular weight excluding hydrogens is 312 g/mol. The van der Waals surface area contributed by atoms with Crippen LogP contribution in [0, 0.1) is 5.92 Å². The van der Waals surface area contributed by atoms with Crippen molar-refractivity contribution in [1.29, 1.82) is 0 Å². The van der Waals surface area contributed by atoms with Crippen LogP contribution in [0.5, 0.6) is 0 Å². The largest absolute Gasteiger partial charge is 0.330 e. The number of benzene rings is 1. The molecule has 1 fully saturated rings. The summed E-state index contributed by atoms with van der Waals surface area (Å²) in [5.41, 5.74) is 7.18. The van der Waals surface area contributed by atoms with Crippen LogP contribution in [0.3, 0.4) is 0 Å². The molecule has 1 heterocycles. The van der Waals surface area contributed by atoms with Gasteiger partial charge in [0.2, 0.25) is 0 Å². The molecule has 2 unspecified atom stereocenters. The van der Waals surface area contributed by atoms with Crippen LogP contribution in [0.25, 0.3) is 0 Å². The molecule has 2 atom stereocenters. The molecule has 102 valence electrons. The van der Waals surface area contributed by atoms with Crippen molar-refractivity contribution in [3.63, 3.8) is 0 Å². The molecule has 0 aromatic heterocycles. The SMILES string of the molecule is CC(c1ccccc1Br)N1CCCC(CN)C1.Cl. The van der Waals surface area contributed by atoms with Gasteiger partial charge in [0.15, 0.2) is 0 Å². The van der Waals surface area contributed by atoms with E-state index in [-0.39, 0.29) is 12.4 Å². The molecule has 1 saturated heterocycles. The molecule has 1 aliphatic heterocycles. The average Bonchev–Trinajstić information content (AvgIpc) is 2.38. The fourth-order valence-corrected chi connectivity index (χ4v) is 3.27. The molecule has 0 amide bonds. The highest BCUT2D eigenvalue weighted by atomic mass is 79.9. The minimum absolute atomic E-state index is 0. The van der Waals surface area contributed by atoms with Gasteiger partial charge in [-0.3, -0.25) is 4.90 Å². The van der Waals surface area contributed by atoms with Crippen LogP contribution in [0.4, 0.5) is 0 Å². The zero-order chi connectivity index (χ0) is 12.3. The van der Waals surface area contributed by atoms with Crippen molar-refractivity contribution >= 4 is 28.3 Å². The Morgan fingerprint density at radius 1 is 1.44 bits per heavy atom. The molecule has 0 radical (unpaired) electrons. The summed E-state index contributed by atoms with van der Waals surface area (Å²) >= 11 is 3.64. The van der Waals surface area contributed by atoms with Gasteiger partial charge in [-0.1, -0.05) is 34.1 Å². The van der Waals surface area contributed by atoms with Crippen molar-refractivity contribution in [2.24, 2.45) is 11.7 Å². The lowest BCUT2D eigenvalue weighted by Gasteiger charge is -2.37. The molecule has 18 heavy (non-hydrogen) atoms. The lowest BCUT2D eigenvalue weighted by Crippen LogP contribution is -2.39. The summed E-state index contributed by atoms with van der Waals surface area (Å²) < 4.78 is 1.21. The first-order chi connectivity index (χ1) is 8.22. The lowest BCUT2D eigenvalue weighted by atomic mass is 9.95. The topological polar surface area (TPSA) is 29.3 Å². The van der Waals surface area contributed by atoms with E-state index in [1.54, 1.807) is 0 Å². The zero-order valence-electron chi connectivity index (χ0n) is 10.8. The Hall–Kier alpha value is -0.0900. The molecule has 0 saturated carbocycles. The van der Waals surface area contributed by atoms with E-state index in [1.165, 1.54) is 29.4 Å². The standard InChI is InChI=1S/C14H21BrN2.ClH/c1-11(13-6-2-3-7-14(13)15)17-8-4-5-12(9-16)10-17;/h2-3,6-7,11-12H,4-5,8-10,16H2,1H3;1H. The Labute approximate surface area is 124 Å². The van der Waals surface area contributed by atoms with Gasteiger partial charge in [-0.25, -0.2) is 0 Å². The Balaban J connectivity index is 0.00000162. The highest BCUT2D eigenvalue weighted by Gasteiger charge is 2.24.